The number of halogens is 2. The molecule has 1 fully saturated rings. The Balaban J connectivity index is 2.49. The van der Waals surface area contributed by atoms with Crippen molar-refractivity contribution in [3.63, 3.8) is 0 Å². The average molecular weight is 351 g/mol. The summed E-state index contributed by atoms with van der Waals surface area (Å²) in [6.07, 6.45) is 0.559. The summed E-state index contributed by atoms with van der Waals surface area (Å²) in [4.78, 5) is 28.5. The summed E-state index contributed by atoms with van der Waals surface area (Å²) in [6, 6.07) is 0. The van der Waals surface area contributed by atoms with Crippen molar-refractivity contribution in [1.82, 2.24) is 14.2 Å². The fourth-order valence-corrected chi connectivity index (χ4v) is 2.97. The summed E-state index contributed by atoms with van der Waals surface area (Å²) in [5.41, 5.74) is -0.409. The highest BCUT2D eigenvalue weighted by Gasteiger charge is 2.52. The molecule has 0 amide bonds. The lowest BCUT2D eigenvalue weighted by Gasteiger charge is -2.10. The van der Waals surface area contributed by atoms with Gasteiger partial charge >= 0.3 is 11.4 Å². The molecule has 0 spiro atoms. The Labute approximate surface area is 136 Å². The molecule has 0 aliphatic heterocycles. The second-order valence-corrected chi connectivity index (χ2v) is 7.80. The van der Waals surface area contributed by atoms with Gasteiger partial charge in [-0.1, -0.05) is 18.7 Å². The van der Waals surface area contributed by atoms with Crippen LogP contribution in [0.4, 0.5) is 0 Å². The molecular weight excluding hydrogens is 335 g/mol. The first-order valence-corrected chi connectivity index (χ1v) is 8.27. The molecule has 1 aromatic rings. The molecule has 0 aromatic carbocycles. The van der Waals surface area contributed by atoms with Crippen molar-refractivity contribution in [1.29, 1.82) is 0 Å². The number of aromatic nitrogens is 3. The van der Waals surface area contributed by atoms with Crippen LogP contribution in [0.5, 0.6) is 0 Å². The Kier molecular flexibility index (Phi) is 4.85. The molecule has 1 saturated carbocycles. The number of hydrogen-bond acceptors (Lipinski definition) is 5. The fraction of sp³-hybridized carbons (Fsp3) is 0.667. The summed E-state index contributed by atoms with van der Waals surface area (Å²) >= 11 is 13.2. The summed E-state index contributed by atoms with van der Waals surface area (Å²) in [6.45, 7) is 5.61. The van der Waals surface area contributed by atoms with Crippen LogP contribution >= 0.6 is 35.0 Å². The van der Waals surface area contributed by atoms with Crippen LogP contribution in [0.25, 0.3) is 0 Å². The Bertz CT molecular complexity index is 691. The standard InChI is InChI=1S/C12H16Cl2N4O2S/c1-4-21-10-15-9(19)17(6-8-5-12(8,13)14)11(20)18(10)16-7(2)3/h8H,4-6H2,1-3H3. The predicted molar refractivity (Wildman–Crippen MR) is 85.9 cm³/mol. The SMILES string of the molecule is CCSc1nc(=O)n(CC2CC2(Cl)Cl)c(=O)n1N=C(C)C. The van der Waals surface area contributed by atoms with E-state index in [0.29, 0.717) is 23.0 Å². The second-order valence-electron chi connectivity index (χ2n) is 5.02. The molecule has 1 aliphatic carbocycles. The van der Waals surface area contributed by atoms with E-state index in [1.165, 1.54) is 11.8 Å². The van der Waals surface area contributed by atoms with Crippen molar-refractivity contribution in [2.24, 2.45) is 11.0 Å². The van der Waals surface area contributed by atoms with Gasteiger partial charge in [0.25, 0.3) is 0 Å². The maximum Gasteiger partial charge on any atom is 0.355 e. The zero-order valence-electron chi connectivity index (χ0n) is 12.0. The van der Waals surface area contributed by atoms with Gasteiger partial charge in [0.2, 0.25) is 0 Å². The smallest absolute Gasteiger partial charge is 0.245 e. The van der Waals surface area contributed by atoms with Crippen LogP contribution in [-0.2, 0) is 6.54 Å². The van der Waals surface area contributed by atoms with E-state index in [2.05, 4.69) is 10.1 Å². The van der Waals surface area contributed by atoms with Crippen LogP contribution in [0.3, 0.4) is 0 Å². The van der Waals surface area contributed by atoms with Crippen molar-refractivity contribution in [3.8, 4) is 0 Å². The molecule has 116 valence electrons. The fourth-order valence-electron chi connectivity index (χ4n) is 1.82. The number of rotatable bonds is 5. The lowest BCUT2D eigenvalue weighted by molar-refractivity contribution is 0.492. The topological polar surface area (TPSA) is 69.2 Å². The molecule has 1 aliphatic rings. The minimum atomic E-state index is -0.850. The monoisotopic (exact) mass is 350 g/mol. The van der Waals surface area contributed by atoms with Gasteiger partial charge in [-0.15, -0.1) is 23.2 Å². The molecule has 0 radical (unpaired) electrons. The van der Waals surface area contributed by atoms with E-state index in [1.807, 2.05) is 6.92 Å². The highest BCUT2D eigenvalue weighted by molar-refractivity contribution is 7.99. The van der Waals surface area contributed by atoms with Gasteiger partial charge in [-0.3, -0.25) is 0 Å². The highest BCUT2D eigenvalue weighted by atomic mass is 35.5. The van der Waals surface area contributed by atoms with Gasteiger partial charge in [0, 0.05) is 18.2 Å². The lowest BCUT2D eigenvalue weighted by Crippen LogP contribution is -2.42. The van der Waals surface area contributed by atoms with E-state index in [1.54, 1.807) is 13.8 Å². The zero-order chi connectivity index (χ0) is 15.8. The first-order chi connectivity index (χ1) is 9.76. The van der Waals surface area contributed by atoms with Crippen LogP contribution in [0.2, 0.25) is 0 Å². The van der Waals surface area contributed by atoms with Crippen LogP contribution < -0.4 is 11.4 Å². The van der Waals surface area contributed by atoms with E-state index in [-0.39, 0.29) is 12.5 Å². The lowest BCUT2D eigenvalue weighted by atomic mass is 10.4. The number of thioether (sulfide) groups is 1. The van der Waals surface area contributed by atoms with Crippen LogP contribution in [-0.4, -0.2) is 30.0 Å². The third-order valence-electron chi connectivity index (χ3n) is 2.95. The maximum atomic E-state index is 12.5. The predicted octanol–water partition coefficient (Wildman–Crippen LogP) is 1.95. The van der Waals surface area contributed by atoms with Gasteiger partial charge in [0.15, 0.2) is 5.16 Å². The van der Waals surface area contributed by atoms with Crippen LogP contribution in [0.1, 0.15) is 27.2 Å². The zero-order valence-corrected chi connectivity index (χ0v) is 14.3. The quantitative estimate of drug-likeness (QED) is 0.462. The van der Waals surface area contributed by atoms with Gasteiger partial charge in [-0.2, -0.15) is 14.8 Å². The molecule has 21 heavy (non-hydrogen) atoms. The molecule has 6 nitrogen and oxygen atoms in total. The van der Waals surface area contributed by atoms with E-state index in [9.17, 15) is 9.59 Å². The van der Waals surface area contributed by atoms with E-state index < -0.39 is 15.7 Å². The molecule has 2 rings (SSSR count). The Hall–Kier alpha value is -0.790. The van der Waals surface area contributed by atoms with E-state index in [4.69, 9.17) is 23.2 Å². The van der Waals surface area contributed by atoms with Crippen molar-refractivity contribution in [2.75, 3.05) is 5.75 Å². The largest absolute Gasteiger partial charge is 0.355 e. The average Bonchev–Trinajstić information content (AvgIpc) is 2.97. The van der Waals surface area contributed by atoms with Gasteiger partial charge in [0.05, 0.1) is 0 Å². The summed E-state index contributed by atoms with van der Waals surface area (Å²) < 4.78 is 1.36. The molecule has 0 N–H and O–H groups in total. The third kappa shape index (κ3) is 3.70. The second kappa shape index (κ2) is 6.14. The number of nitrogens with zero attached hydrogens (tertiary/aromatic N) is 4. The minimum absolute atomic E-state index is 0.113. The molecule has 1 unspecified atom stereocenters. The highest BCUT2D eigenvalue weighted by Crippen LogP contribution is 2.53. The van der Waals surface area contributed by atoms with Crippen LogP contribution in [0, 0.1) is 5.92 Å². The van der Waals surface area contributed by atoms with Gasteiger partial charge in [-0.05, 0) is 26.0 Å². The van der Waals surface area contributed by atoms with Crippen molar-refractivity contribution in [2.45, 2.75) is 43.2 Å². The van der Waals surface area contributed by atoms with E-state index >= 15 is 0 Å². The Morgan fingerprint density at radius 3 is 2.57 bits per heavy atom. The molecule has 0 bridgehead atoms. The van der Waals surface area contributed by atoms with E-state index in [0.717, 1.165) is 9.24 Å². The summed E-state index contributed by atoms with van der Waals surface area (Å²) in [5, 5.41) is 4.45. The number of hydrogen-bond donors (Lipinski definition) is 0. The first-order valence-electron chi connectivity index (χ1n) is 6.53. The molecule has 0 saturated heterocycles. The molecule has 1 atom stereocenters. The molecule has 9 heteroatoms. The van der Waals surface area contributed by atoms with Crippen LogP contribution in [0.15, 0.2) is 19.8 Å². The van der Waals surface area contributed by atoms with Gasteiger partial charge < -0.3 is 0 Å². The maximum absolute atomic E-state index is 12.5. The Morgan fingerprint density at radius 2 is 2.10 bits per heavy atom. The Morgan fingerprint density at radius 1 is 1.48 bits per heavy atom. The first kappa shape index (κ1) is 16.6. The van der Waals surface area contributed by atoms with Crippen molar-refractivity contribution < 1.29 is 0 Å². The molecular formula is C12H16Cl2N4O2S. The normalized spacial score (nSPS) is 19.4. The summed E-state index contributed by atoms with van der Waals surface area (Å²) in [5.74, 6) is 0.571. The minimum Gasteiger partial charge on any atom is -0.245 e. The van der Waals surface area contributed by atoms with Gasteiger partial charge in [-0.25, -0.2) is 14.2 Å². The molecule has 1 heterocycles. The molecule has 1 aromatic heterocycles. The third-order valence-corrected chi connectivity index (χ3v) is 4.68. The van der Waals surface area contributed by atoms with Crippen molar-refractivity contribution in [3.05, 3.63) is 21.0 Å². The van der Waals surface area contributed by atoms with Gasteiger partial charge in [0.1, 0.15) is 4.33 Å². The number of alkyl halides is 2. The summed E-state index contributed by atoms with van der Waals surface area (Å²) in [7, 11) is 0. The van der Waals surface area contributed by atoms with Crippen molar-refractivity contribution >= 4 is 40.7 Å².